The normalized spacial score (nSPS) is 24.4. The number of anilines is 1. The molecule has 1 aliphatic heterocycles. The molecule has 0 saturated carbocycles. The molecule has 17 heavy (non-hydrogen) atoms. The molecule has 0 bridgehead atoms. The molecule has 2 heterocycles. The number of hydrogen-bond donors (Lipinski definition) is 1. The van der Waals surface area contributed by atoms with Gasteiger partial charge in [-0.3, -0.25) is 0 Å². The van der Waals surface area contributed by atoms with Gasteiger partial charge >= 0.3 is 0 Å². The molecule has 0 spiro atoms. The molecule has 0 amide bonds. The molecular formula is C12H17N5. The van der Waals surface area contributed by atoms with Crippen LogP contribution < -0.4 is 10.6 Å². The highest BCUT2D eigenvalue weighted by molar-refractivity contribution is 5.40. The molecule has 0 radical (unpaired) electrons. The van der Waals surface area contributed by atoms with Crippen molar-refractivity contribution in [2.24, 2.45) is 5.73 Å². The van der Waals surface area contributed by atoms with Crippen LogP contribution in [0.5, 0.6) is 0 Å². The number of nitrogens with zero attached hydrogens (tertiary/aromatic N) is 4. The molecule has 1 aliphatic rings. The number of nitrogens with two attached hydrogens (primary N) is 1. The van der Waals surface area contributed by atoms with E-state index in [4.69, 9.17) is 11.0 Å². The van der Waals surface area contributed by atoms with Crippen molar-refractivity contribution in [3.63, 3.8) is 0 Å². The third-order valence-corrected chi connectivity index (χ3v) is 3.32. The maximum absolute atomic E-state index is 8.70. The fraction of sp³-hybridized carbons (Fsp3) is 0.583. The van der Waals surface area contributed by atoms with Gasteiger partial charge in [-0.25, -0.2) is 9.97 Å². The van der Waals surface area contributed by atoms with Crippen LogP contribution in [0.3, 0.4) is 0 Å². The second-order valence-electron chi connectivity index (χ2n) is 4.45. The van der Waals surface area contributed by atoms with Crippen molar-refractivity contribution in [1.29, 1.82) is 5.26 Å². The van der Waals surface area contributed by atoms with Gasteiger partial charge in [0.25, 0.3) is 0 Å². The lowest BCUT2D eigenvalue weighted by Crippen LogP contribution is -2.49. The monoisotopic (exact) mass is 231 g/mol. The third kappa shape index (κ3) is 2.37. The molecular weight excluding hydrogens is 214 g/mol. The van der Waals surface area contributed by atoms with E-state index in [9.17, 15) is 0 Å². The number of piperidine rings is 1. The summed E-state index contributed by atoms with van der Waals surface area (Å²) in [7, 11) is 0. The quantitative estimate of drug-likeness (QED) is 0.823. The van der Waals surface area contributed by atoms with E-state index in [-0.39, 0.29) is 0 Å². The summed E-state index contributed by atoms with van der Waals surface area (Å²) in [6, 6.07) is 2.74. The lowest BCUT2D eigenvalue weighted by Gasteiger charge is -2.40. The van der Waals surface area contributed by atoms with Crippen molar-refractivity contribution in [1.82, 2.24) is 9.97 Å². The summed E-state index contributed by atoms with van der Waals surface area (Å²) in [6.07, 6.45) is 6.65. The van der Waals surface area contributed by atoms with Crippen molar-refractivity contribution in [3.05, 3.63) is 18.1 Å². The molecule has 0 aliphatic carbocycles. The van der Waals surface area contributed by atoms with Crippen LogP contribution in [0.15, 0.2) is 12.4 Å². The van der Waals surface area contributed by atoms with E-state index >= 15 is 0 Å². The highest BCUT2D eigenvalue weighted by Gasteiger charge is 2.27. The maximum atomic E-state index is 8.70. The zero-order chi connectivity index (χ0) is 12.3. The Balaban J connectivity index is 2.25. The van der Waals surface area contributed by atoms with Crippen LogP contribution in [0.4, 0.5) is 5.82 Å². The molecule has 2 rings (SSSR count). The molecule has 2 atom stereocenters. The van der Waals surface area contributed by atoms with Gasteiger partial charge in [0.2, 0.25) is 0 Å². The molecule has 2 N–H and O–H groups in total. The SMILES string of the molecule is CC1CCCC(CN)N1c1cnc(C#N)cn1. The molecule has 0 aromatic carbocycles. The highest BCUT2D eigenvalue weighted by atomic mass is 15.3. The van der Waals surface area contributed by atoms with E-state index in [1.807, 2.05) is 6.07 Å². The average Bonchev–Trinajstić information content (AvgIpc) is 2.38. The van der Waals surface area contributed by atoms with Gasteiger partial charge in [0.05, 0.1) is 12.4 Å². The lowest BCUT2D eigenvalue weighted by atomic mass is 9.96. The fourth-order valence-corrected chi connectivity index (χ4v) is 2.44. The first-order chi connectivity index (χ1) is 8.26. The van der Waals surface area contributed by atoms with E-state index < -0.39 is 0 Å². The van der Waals surface area contributed by atoms with E-state index in [2.05, 4.69) is 21.8 Å². The zero-order valence-electron chi connectivity index (χ0n) is 10.0. The predicted molar refractivity (Wildman–Crippen MR) is 65.4 cm³/mol. The summed E-state index contributed by atoms with van der Waals surface area (Å²) >= 11 is 0. The van der Waals surface area contributed by atoms with Gasteiger partial charge in [-0.15, -0.1) is 0 Å². The maximum Gasteiger partial charge on any atom is 0.158 e. The Hall–Kier alpha value is -1.67. The van der Waals surface area contributed by atoms with Crippen LogP contribution in [-0.4, -0.2) is 28.6 Å². The van der Waals surface area contributed by atoms with Gasteiger partial charge in [0.1, 0.15) is 11.9 Å². The summed E-state index contributed by atoms with van der Waals surface area (Å²) in [6.45, 7) is 2.81. The molecule has 1 aromatic rings. The molecule has 2 unspecified atom stereocenters. The average molecular weight is 231 g/mol. The van der Waals surface area contributed by atoms with Gasteiger partial charge in [0.15, 0.2) is 5.69 Å². The van der Waals surface area contributed by atoms with E-state index in [1.54, 1.807) is 6.20 Å². The topological polar surface area (TPSA) is 78.8 Å². The molecule has 1 saturated heterocycles. The first-order valence-corrected chi connectivity index (χ1v) is 5.96. The third-order valence-electron chi connectivity index (χ3n) is 3.32. The lowest BCUT2D eigenvalue weighted by molar-refractivity contribution is 0.397. The Morgan fingerprint density at radius 3 is 2.88 bits per heavy atom. The van der Waals surface area contributed by atoms with Crippen molar-refractivity contribution in [3.8, 4) is 6.07 Å². The summed E-state index contributed by atoms with van der Waals surface area (Å²) < 4.78 is 0. The Morgan fingerprint density at radius 2 is 2.29 bits per heavy atom. The van der Waals surface area contributed by atoms with E-state index in [0.29, 0.717) is 24.3 Å². The van der Waals surface area contributed by atoms with Crippen LogP contribution in [0.25, 0.3) is 0 Å². The largest absolute Gasteiger partial charge is 0.348 e. The summed E-state index contributed by atoms with van der Waals surface area (Å²) in [5.41, 5.74) is 6.16. The molecule has 1 aromatic heterocycles. The second-order valence-corrected chi connectivity index (χ2v) is 4.45. The Labute approximate surface area is 101 Å². The molecule has 1 fully saturated rings. The predicted octanol–water partition coefficient (Wildman–Crippen LogP) is 1.05. The van der Waals surface area contributed by atoms with E-state index in [0.717, 1.165) is 18.7 Å². The Bertz CT molecular complexity index is 408. The van der Waals surface area contributed by atoms with Crippen LogP contribution in [0.2, 0.25) is 0 Å². The first-order valence-electron chi connectivity index (χ1n) is 5.96. The smallest absolute Gasteiger partial charge is 0.158 e. The van der Waals surface area contributed by atoms with Gasteiger partial charge in [-0.2, -0.15) is 5.26 Å². The number of hydrogen-bond acceptors (Lipinski definition) is 5. The minimum absolute atomic E-state index is 0.334. The van der Waals surface area contributed by atoms with Gasteiger partial charge in [-0.05, 0) is 26.2 Å². The van der Waals surface area contributed by atoms with Gasteiger partial charge < -0.3 is 10.6 Å². The minimum atomic E-state index is 0.334. The standard InChI is InChI=1S/C12H17N5/c1-9-3-2-4-11(6-14)17(9)12-8-15-10(5-13)7-16-12/h7-9,11H,2-4,6,14H2,1H3. The molecule has 5 heteroatoms. The van der Waals surface area contributed by atoms with Gasteiger partial charge in [-0.1, -0.05) is 0 Å². The van der Waals surface area contributed by atoms with Crippen molar-refractivity contribution < 1.29 is 0 Å². The first kappa shape index (κ1) is 11.8. The van der Waals surface area contributed by atoms with Crippen molar-refractivity contribution in [2.45, 2.75) is 38.3 Å². The summed E-state index contributed by atoms with van der Waals surface area (Å²) in [5.74, 6) is 0.826. The zero-order valence-corrected chi connectivity index (χ0v) is 10.0. The summed E-state index contributed by atoms with van der Waals surface area (Å²) in [4.78, 5) is 10.6. The fourth-order valence-electron chi connectivity index (χ4n) is 2.44. The van der Waals surface area contributed by atoms with Crippen LogP contribution in [0, 0.1) is 11.3 Å². The Kier molecular flexibility index (Phi) is 3.55. The van der Waals surface area contributed by atoms with Gasteiger partial charge in [0, 0.05) is 18.6 Å². The van der Waals surface area contributed by atoms with Crippen molar-refractivity contribution in [2.75, 3.05) is 11.4 Å². The van der Waals surface area contributed by atoms with Crippen LogP contribution in [-0.2, 0) is 0 Å². The second kappa shape index (κ2) is 5.11. The van der Waals surface area contributed by atoms with Crippen LogP contribution >= 0.6 is 0 Å². The van der Waals surface area contributed by atoms with E-state index in [1.165, 1.54) is 12.6 Å². The molecule has 5 nitrogen and oxygen atoms in total. The Morgan fingerprint density at radius 1 is 1.47 bits per heavy atom. The van der Waals surface area contributed by atoms with Crippen molar-refractivity contribution >= 4 is 5.82 Å². The van der Waals surface area contributed by atoms with Crippen LogP contribution in [0.1, 0.15) is 31.9 Å². The summed E-state index contributed by atoms with van der Waals surface area (Å²) in [5, 5.41) is 8.70. The number of aromatic nitrogens is 2. The highest BCUT2D eigenvalue weighted by Crippen LogP contribution is 2.26. The number of nitriles is 1. The molecule has 90 valence electrons. The minimum Gasteiger partial charge on any atom is -0.348 e. The number of rotatable bonds is 2.